The Morgan fingerprint density at radius 1 is 0.265 bits per heavy atom. The van der Waals surface area contributed by atoms with Gasteiger partial charge in [0, 0.05) is 39.3 Å². The van der Waals surface area contributed by atoms with Gasteiger partial charge >= 0.3 is 94.8 Å². The summed E-state index contributed by atoms with van der Waals surface area (Å²) in [5.74, 6) is 0. The van der Waals surface area contributed by atoms with Gasteiger partial charge in [-0.3, -0.25) is 0 Å². The first-order chi connectivity index (χ1) is 10.9. The fourth-order valence-corrected chi connectivity index (χ4v) is 1.20. The molecule has 1 radical (unpaired) electrons. The molecule has 205 valence electrons. The molecule has 0 saturated heterocycles. The van der Waals surface area contributed by atoms with Crippen LogP contribution in [0.5, 0.6) is 0 Å². The third kappa shape index (κ3) is 125. The van der Waals surface area contributed by atoms with Gasteiger partial charge in [-0.05, 0) is 84.6 Å². The van der Waals surface area contributed by atoms with Crippen molar-refractivity contribution in [1.29, 1.82) is 0 Å². The molecule has 0 aliphatic heterocycles. The van der Waals surface area contributed by atoms with Gasteiger partial charge in [-0.1, -0.05) is 0 Å². The summed E-state index contributed by atoms with van der Waals surface area (Å²) in [7, 11) is 25.0. The van der Waals surface area contributed by atoms with E-state index in [1.54, 1.807) is 0 Å². The van der Waals surface area contributed by atoms with Gasteiger partial charge in [0.05, 0.1) is 0 Å². The molecule has 0 rings (SSSR count). The van der Waals surface area contributed by atoms with E-state index in [9.17, 15) is 0 Å². The third-order valence-electron chi connectivity index (χ3n) is 2.98. The second kappa shape index (κ2) is 60.4. The SMILES string of the molecule is CN(C)CCN(C)C.CN(C)CCN(C)C.CN(C)CCN(C)C.[CH3-].[CH3-].[CH3-].[CH3-].[CH3-].[CH3-].[Dy+3].[Li+].[Li+].[Li+]. The van der Waals surface area contributed by atoms with E-state index in [0.29, 0.717) is 0 Å². The first kappa shape index (κ1) is 83.3. The van der Waals surface area contributed by atoms with Crippen molar-refractivity contribution in [3.63, 3.8) is 0 Å². The van der Waals surface area contributed by atoms with Gasteiger partial charge in [0.2, 0.25) is 0 Å². The molecule has 0 aromatic carbocycles. The van der Waals surface area contributed by atoms with Crippen molar-refractivity contribution < 1.29 is 94.8 Å². The van der Waals surface area contributed by atoms with E-state index < -0.39 is 0 Å². The predicted molar refractivity (Wildman–Crippen MR) is 150 cm³/mol. The topological polar surface area (TPSA) is 19.4 Å². The van der Waals surface area contributed by atoms with Gasteiger partial charge in [0.1, 0.15) is 0 Å². The summed E-state index contributed by atoms with van der Waals surface area (Å²) in [6, 6.07) is 0. The maximum absolute atomic E-state index is 2.18. The number of rotatable bonds is 9. The third-order valence-corrected chi connectivity index (χ3v) is 2.98. The first-order valence-corrected chi connectivity index (χ1v) is 8.76. The van der Waals surface area contributed by atoms with Crippen LogP contribution < -0.4 is 56.6 Å². The van der Waals surface area contributed by atoms with Gasteiger partial charge in [-0.15, -0.1) is 0 Å². The molecular weight excluding hydrogens is 556 g/mol. The van der Waals surface area contributed by atoms with E-state index in [1.165, 1.54) is 0 Å². The van der Waals surface area contributed by atoms with Crippen LogP contribution in [0.3, 0.4) is 0 Å². The smallest absolute Gasteiger partial charge is 0.358 e. The van der Waals surface area contributed by atoms with E-state index in [0.717, 1.165) is 39.3 Å². The van der Waals surface area contributed by atoms with Crippen LogP contribution >= 0.6 is 0 Å². The van der Waals surface area contributed by atoms with E-state index in [-0.39, 0.29) is 139 Å². The van der Waals surface area contributed by atoms with Crippen LogP contribution in [0.15, 0.2) is 0 Å². The monoisotopic (exact) mass is 624 g/mol. The first-order valence-electron chi connectivity index (χ1n) is 8.76. The van der Waals surface area contributed by atoms with Crippen molar-refractivity contribution in [2.24, 2.45) is 0 Å². The summed E-state index contributed by atoms with van der Waals surface area (Å²) >= 11 is 0. The minimum absolute atomic E-state index is 0. The van der Waals surface area contributed by atoms with Crippen molar-refractivity contribution in [2.75, 3.05) is 124 Å². The number of hydrogen-bond acceptors (Lipinski definition) is 6. The average molecular weight is 622 g/mol. The Labute approximate surface area is 289 Å². The second-order valence-electron chi connectivity index (χ2n) is 7.82. The standard InChI is InChI=1S/3C6H16N2.6CH3.Dy.3Li/c3*1-7(2)5-6-8(3)4;;;;;;;;;;/h3*5-6H2,1-4H3;6*1H3;;;;/q;;;6*-1;+3;3*+1. The van der Waals surface area contributed by atoms with Crippen LogP contribution in [0.2, 0.25) is 0 Å². The molecule has 0 heterocycles. The van der Waals surface area contributed by atoms with Crippen molar-refractivity contribution in [2.45, 2.75) is 0 Å². The van der Waals surface area contributed by atoms with E-state index in [4.69, 9.17) is 0 Å². The minimum Gasteiger partial charge on any atom is -0.358 e. The van der Waals surface area contributed by atoms with Crippen LogP contribution in [-0.4, -0.2) is 153 Å². The normalized spacial score (nSPS) is 7.94. The van der Waals surface area contributed by atoms with Gasteiger partial charge in [-0.2, -0.15) is 0 Å². The molecule has 10 heteroatoms. The van der Waals surface area contributed by atoms with Gasteiger partial charge in [0.25, 0.3) is 0 Å². The van der Waals surface area contributed by atoms with E-state index in [2.05, 4.69) is 114 Å². The Balaban J connectivity index is -0.0000000154. The van der Waals surface area contributed by atoms with Crippen LogP contribution in [0.4, 0.5) is 0 Å². The largest absolute Gasteiger partial charge is 3.00 e. The molecule has 0 atom stereocenters. The minimum atomic E-state index is 0. The summed E-state index contributed by atoms with van der Waals surface area (Å²) < 4.78 is 0. The van der Waals surface area contributed by atoms with E-state index >= 15 is 0 Å². The molecule has 34 heavy (non-hydrogen) atoms. The van der Waals surface area contributed by atoms with Crippen molar-refractivity contribution >= 4 is 0 Å². The van der Waals surface area contributed by atoms with Crippen molar-refractivity contribution in [3.05, 3.63) is 44.6 Å². The van der Waals surface area contributed by atoms with Crippen LogP contribution in [0.1, 0.15) is 0 Å². The number of hydrogen-bond donors (Lipinski definition) is 0. The van der Waals surface area contributed by atoms with Gasteiger partial charge in [-0.25, -0.2) is 0 Å². The molecule has 0 spiro atoms. The quantitative estimate of drug-likeness (QED) is 0.188. The summed E-state index contributed by atoms with van der Waals surface area (Å²) in [5.41, 5.74) is 0. The van der Waals surface area contributed by atoms with Crippen molar-refractivity contribution in [3.8, 4) is 0 Å². The fourth-order valence-electron chi connectivity index (χ4n) is 1.20. The van der Waals surface area contributed by atoms with Crippen LogP contribution in [-0.2, 0) is 0 Å². The van der Waals surface area contributed by atoms with Gasteiger partial charge < -0.3 is 74.0 Å². The summed E-state index contributed by atoms with van der Waals surface area (Å²) in [6.07, 6.45) is 0. The molecule has 0 unspecified atom stereocenters. The summed E-state index contributed by atoms with van der Waals surface area (Å²) in [6.45, 7) is 6.88. The molecule has 0 aromatic rings. The molecule has 0 saturated carbocycles. The molecule has 0 aromatic heterocycles. The molecular formula is C24H66DyLi3N6. The molecule has 0 N–H and O–H groups in total. The number of likely N-dealkylation sites (N-methyl/N-ethyl adjacent to an activating group) is 6. The van der Waals surface area contributed by atoms with Crippen molar-refractivity contribution in [1.82, 2.24) is 29.4 Å². The average Bonchev–Trinajstić information content (AvgIpc) is 2.42. The van der Waals surface area contributed by atoms with Crippen LogP contribution in [0.25, 0.3) is 0 Å². The molecule has 0 aliphatic rings. The molecule has 0 amide bonds. The van der Waals surface area contributed by atoms with Crippen LogP contribution in [0, 0.1) is 82.7 Å². The zero-order chi connectivity index (χ0) is 19.7. The van der Waals surface area contributed by atoms with E-state index in [1.807, 2.05) is 0 Å². The maximum Gasteiger partial charge on any atom is 3.00 e. The Morgan fingerprint density at radius 3 is 0.353 bits per heavy atom. The summed E-state index contributed by atoms with van der Waals surface area (Å²) in [4.78, 5) is 13.1. The summed E-state index contributed by atoms with van der Waals surface area (Å²) in [5, 5.41) is 0. The Bertz CT molecular complexity index is 189. The molecule has 0 bridgehead atoms. The molecule has 0 aliphatic carbocycles. The Morgan fingerprint density at radius 2 is 0.324 bits per heavy atom. The Kier molecular flexibility index (Phi) is 148. The zero-order valence-corrected chi connectivity index (χ0v) is 30.3. The number of nitrogens with zero attached hydrogens (tertiary/aromatic N) is 6. The maximum atomic E-state index is 2.18. The Hall–Kier alpha value is 2.82. The zero-order valence-electron chi connectivity index (χ0n) is 28.2. The predicted octanol–water partition coefficient (Wildman–Crippen LogP) is -5.96. The molecule has 6 nitrogen and oxygen atoms in total. The second-order valence-corrected chi connectivity index (χ2v) is 7.82. The van der Waals surface area contributed by atoms with Gasteiger partial charge in [0.15, 0.2) is 0 Å². The molecule has 0 fully saturated rings. The fraction of sp³-hybridized carbons (Fsp3) is 0.750.